The molecule has 3 rings (SSSR count). The number of carboxylic acids is 1. The number of aliphatic carboxylic acids is 1. The van der Waals surface area contributed by atoms with E-state index in [4.69, 9.17) is 0 Å². The molecule has 2 bridgehead atoms. The zero-order valence-corrected chi connectivity index (χ0v) is 10.5. The molecule has 3 fully saturated rings. The minimum absolute atomic E-state index is 0.0557. The van der Waals surface area contributed by atoms with Crippen molar-refractivity contribution in [2.24, 2.45) is 11.8 Å². The van der Waals surface area contributed by atoms with Crippen LogP contribution >= 0.6 is 0 Å². The van der Waals surface area contributed by atoms with Gasteiger partial charge in [-0.1, -0.05) is 19.3 Å². The molecule has 0 radical (unpaired) electrons. The third-order valence-corrected chi connectivity index (χ3v) is 5.23. The maximum atomic E-state index is 11.2. The zero-order chi connectivity index (χ0) is 11.8. The topological polar surface area (TPSA) is 40.5 Å². The second kappa shape index (κ2) is 4.60. The van der Waals surface area contributed by atoms with Crippen LogP contribution in [0.25, 0.3) is 0 Å². The fourth-order valence-electron chi connectivity index (χ4n) is 4.35. The molecular formula is C14H23NO2. The molecule has 3 unspecified atom stereocenters. The van der Waals surface area contributed by atoms with E-state index >= 15 is 0 Å². The lowest BCUT2D eigenvalue weighted by Crippen LogP contribution is -2.39. The van der Waals surface area contributed by atoms with Crippen molar-refractivity contribution in [3.63, 3.8) is 0 Å². The van der Waals surface area contributed by atoms with Gasteiger partial charge in [0, 0.05) is 18.6 Å². The van der Waals surface area contributed by atoms with Gasteiger partial charge in [-0.25, -0.2) is 0 Å². The molecule has 1 N–H and O–H groups in total. The molecule has 1 heterocycles. The van der Waals surface area contributed by atoms with Crippen molar-refractivity contribution in [1.82, 2.24) is 4.90 Å². The smallest absolute Gasteiger partial charge is 0.306 e. The summed E-state index contributed by atoms with van der Waals surface area (Å²) in [6, 6.07) is 1.48. The van der Waals surface area contributed by atoms with Gasteiger partial charge in [-0.3, -0.25) is 9.69 Å². The first kappa shape index (κ1) is 11.5. The van der Waals surface area contributed by atoms with Crippen LogP contribution in [0.2, 0.25) is 0 Å². The predicted molar refractivity (Wildman–Crippen MR) is 65.8 cm³/mol. The summed E-state index contributed by atoms with van der Waals surface area (Å²) in [5, 5.41) is 9.24. The molecule has 1 aliphatic heterocycles. The molecule has 0 aromatic heterocycles. The maximum Gasteiger partial charge on any atom is 0.306 e. The molecule has 1 saturated heterocycles. The van der Waals surface area contributed by atoms with E-state index < -0.39 is 5.97 Å². The molecule has 0 spiro atoms. The molecule has 0 aromatic carbocycles. The lowest BCUT2D eigenvalue weighted by atomic mass is 9.80. The number of hydrogen-bond donors (Lipinski definition) is 1. The van der Waals surface area contributed by atoms with Gasteiger partial charge in [0.2, 0.25) is 0 Å². The summed E-state index contributed by atoms with van der Waals surface area (Å²) in [6.45, 7) is 1.06. The van der Waals surface area contributed by atoms with Crippen LogP contribution in [-0.4, -0.2) is 34.6 Å². The van der Waals surface area contributed by atoms with Gasteiger partial charge in [0.25, 0.3) is 0 Å². The Kier molecular flexibility index (Phi) is 3.12. The fraction of sp³-hybridized carbons (Fsp3) is 0.929. The van der Waals surface area contributed by atoms with Crippen molar-refractivity contribution in [3.8, 4) is 0 Å². The molecule has 0 amide bonds. The van der Waals surface area contributed by atoms with Crippen LogP contribution in [-0.2, 0) is 4.79 Å². The molecule has 2 saturated carbocycles. The maximum absolute atomic E-state index is 11.2. The van der Waals surface area contributed by atoms with Crippen LogP contribution in [0.4, 0.5) is 0 Å². The zero-order valence-electron chi connectivity index (χ0n) is 10.5. The minimum Gasteiger partial charge on any atom is -0.481 e. The van der Waals surface area contributed by atoms with Gasteiger partial charge in [0.05, 0.1) is 5.92 Å². The van der Waals surface area contributed by atoms with E-state index in [1.54, 1.807) is 0 Å². The van der Waals surface area contributed by atoms with E-state index in [9.17, 15) is 9.90 Å². The average Bonchev–Trinajstić information content (AvgIpc) is 2.67. The highest BCUT2D eigenvalue weighted by Crippen LogP contribution is 2.42. The Morgan fingerprint density at radius 3 is 2.47 bits per heavy atom. The second-order valence-electron chi connectivity index (χ2n) is 6.16. The third-order valence-electron chi connectivity index (χ3n) is 5.23. The largest absolute Gasteiger partial charge is 0.481 e. The third kappa shape index (κ3) is 2.10. The molecule has 3 heteroatoms. The Morgan fingerprint density at radius 1 is 1.00 bits per heavy atom. The summed E-state index contributed by atoms with van der Waals surface area (Å²) >= 11 is 0. The second-order valence-corrected chi connectivity index (χ2v) is 6.16. The van der Waals surface area contributed by atoms with Gasteiger partial charge in [0.1, 0.15) is 0 Å². The average molecular weight is 237 g/mol. The van der Waals surface area contributed by atoms with Crippen molar-refractivity contribution in [3.05, 3.63) is 0 Å². The van der Waals surface area contributed by atoms with Crippen LogP contribution in [0, 0.1) is 11.8 Å². The van der Waals surface area contributed by atoms with Crippen molar-refractivity contribution < 1.29 is 9.90 Å². The first-order valence-corrected chi connectivity index (χ1v) is 7.24. The predicted octanol–water partition coefficient (Wildman–Crippen LogP) is 2.50. The summed E-state index contributed by atoms with van der Waals surface area (Å²) in [5.41, 5.74) is 0. The monoisotopic (exact) mass is 237 g/mol. The van der Waals surface area contributed by atoms with Crippen LogP contribution in [0.1, 0.15) is 51.4 Å². The molecule has 3 nitrogen and oxygen atoms in total. The number of carboxylic acid groups (broad SMARTS) is 1. The van der Waals surface area contributed by atoms with E-state index in [-0.39, 0.29) is 5.92 Å². The molecule has 2 aliphatic carbocycles. The summed E-state index contributed by atoms with van der Waals surface area (Å²) in [6.07, 6.45) is 10.0. The highest BCUT2D eigenvalue weighted by molar-refractivity contribution is 5.70. The van der Waals surface area contributed by atoms with Crippen molar-refractivity contribution in [1.29, 1.82) is 0 Å². The lowest BCUT2D eigenvalue weighted by molar-refractivity contribution is -0.144. The van der Waals surface area contributed by atoms with Crippen molar-refractivity contribution in [2.45, 2.75) is 63.5 Å². The molecule has 3 aliphatic rings. The number of hydrogen-bond acceptors (Lipinski definition) is 2. The van der Waals surface area contributed by atoms with Crippen LogP contribution in [0.5, 0.6) is 0 Å². The molecule has 0 aromatic rings. The molecular weight excluding hydrogens is 214 g/mol. The molecule has 3 atom stereocenters. The summed E-state index contributed by atoms with van der Waals surface area (Å²) in [5.74, 6) is -0.174. The van der Waals surface area contributed by atoms with Gasteiger partial charge < -0.3 is 5.11 Å². The van der Waals surface area contributed by atoms with Crippen molar-refractivity contribution in [2.75, 3.05) is 6.54 Å². The minimum atomic E-state index is -0.557. The van der Waals surface area contributed by atoms with Gasteiger partial charge in [-0.2, -0.15) is 0 Å². The Hall–Kier alpha value is -0.570. The van der Waals surface area contributed by atoms with E-state index in [1.165, 1.54) is 32.1 Å². The Labute approximate surface area is 103 Å². The highest BCUT2D eigenvalue weighted by atomic mass is 16.4. The number of fused-ring (bicyclic) bond motifs is 2. The summed E-state index contributed by atoms with van der Waals surface area (Å²) < 4.78 is 0. The quantitative estimate of drug-likeness (QED) is 0.802. The van der Waals surface area contributed by atoms with E-state index in [0.29, 0.717) is 12.0 Å². The van der Waals surface area contributed by atoms with Crippen LogP contribution < -0.4 is 0 Å². The van der Waals surface area contributed by atoms with Crippen LogP contribution in [0.15, 0.2) is 0 Å². The Morgan fingerprint density at radius 2 is 1.76 bits per heavy atom. The van der Waals surface area contributed by atoms with Gasteiger partial charge in [0.15, 0.2) is 0 Å². The Balaban J connectivity index is 1.67. The van der Waals surface area contributed by atoms with E-state index in [2.05, 4.69) is 4.90 Å². The Bertz CT molecular complexity index is 299. The standard InChI is InChI=1S/C14H23NO2/c16-14(17)13-7-6-12-8-10(13)9-15(12)11-4-2-1-3-5-11/h10-13H,1-9H2,(H,16,17). The normalized spacial score (nSPS) is 39.4. The van der Waals surface area contributed by atoms with Gasteiger partial charge in [-0.05, 0) is 38.0 Å². The number of likely N-dealkylation sites (tertiary alicyclic amines) is 1. The number of nitrogens with zero attached hydrogens (tertiary/aromatic N) is 1. The fourth-order valence-corrected chi connectivity index (χ4v) is 4.35. The van der Waals surface area contributed by atoms with Gasteiger partial charge in [-0.15, -0.1) is 0 Å². The van der Waals surface area contributed by atoms with Gasteiger partial charge >= 0.3 is 5.97 Å². The number of rotatable bonds is 2. The SMILES string of the molecule is O=C(O)C1CCC2CC1CN2C1CCCCC1. The van der Waals surface area contributed by atoms with E-state index in [1.807, 2.05) is 0 Å². The molecule has 96 valence electrons. The van der Waals surface area contributed by atoms with Crippen molar-refractivity contribution >= 4 is 5.97 Å². The summed E-state index contributed by atoms with van der Waals surface area (Å²) in [7, 11) is 0. The first-order chi connectivity index (χ1) is 8.25. The summed E-state index contributed by atoms with van der Waals surface area (Å²) in [4.78, 5) is 13.9. The highest BCUT2D eigenvalue weighted by Gasteiger charge is 2.45. The number of carbonyl (C=O) groups is 1. The van der Waals surface area contributed by atoms with Crippen LogP contribution in [0.3, 0.4) is 0 Å². The van der Waals surface area contributed by atoms with E-state index in [0.717, 1.165) is 31.8 Å². The lowest BCUT2D eigenvalue weighted by Gasteiger charge is -2.35. The first-order valence-electron chi connectivity index (χ1n) is 7.24. The molecule has 17 heavy (non-hydrogen) atoms.